The molecule has 1 saturated heterocycles. The smallest absolute Gasteiger partial charge is 0.191 e. The maximum atomic E-state index is 4.73. The fourth-order valence-corrected chi connectivity index (χ4v) is 3.72. The van der Waals surface area contributed by atoms with E-state index in [0.717, 1.165) is 67.9 Å². The minimum Gasteiger partial charge on any atom is -0.357 e. The van der Waals surface area contributed by atoms with Gasteiger partial charge in [-0.25, -0.2) is 4.98 Å². The molecule has 3 N–H and O–H groups in total. The number of aromatic amines is 1. The minimum absolute atomic E-state index is 0.734. The molecule has 1 aliphatic rings. The number of benzene rings is 1. The maximum Gasteiger partial charge on any atom is 0.191 e. The van der Waals surface area contributed by atoms with Crippen molar-refractivity contribution in [3.05, 3.63) is 30.1 Å². The van der Waals surface area contributed by atoms with Crippen molar-refractivity contribution in [2.24, 2.45) is 4.99 Å². The van der Waals surface area contributed by atoms with Crippen molar-refractivity contribution in [2.45, 2.75) is 52.0 Å². The van der Waals surface area contributed by atoms with E-state index in [9.17, 15) is 0 Å². The number of likely N-dealkylation sites (tertiary alicyclic amines) is 1. The molecule has 1 aliphatic heterocycles. The Balaban J connectivity index is 1.41. The molecule has 148 valence electrons. The number of para-hydroxylation sites is 2. The Kier molecular flexibility index (Phi) is 7.51. The van der Waals surface area contributed by atoms with Crippen LogP contribution in [0, 0.1) is 0 Å². The van der Waals surface area contributed by atoms with E-state index in [1.54, 1.807) is 0 Å². The van der Waals surface area contributed by atoms with Crippen LogP contribution < -0.4 is 10.6 Å². The number of nitrogens with one attached hydrogen (secondary N) is 3. The van der Waals surface area contributed by atoms with Gasteiger partial charge in [0, 0.05) is 38.6 Å². The molecule has 2 heterocycles. The first-order valence-corrected chi connectivity index (χ1v) is 10.5. The molecule has 1 atom stereocenters. The zero-order valence-corrected chi connectivity index (χ0v) is 16.8. The number of guanidine groups is 1. The van der Waals surface area contributed by atoms with Gasteiger partial charge in [0.25, 0.3) is 0 Å². The van der Waals surface area contributed by atoms with Crippen molar-refractivity contribution >= 4 is 17.0 Å². The lowest BCUT2D eigenvalue weighted by atomic mass is 10.0. The van der Waals surface area contributed by atoms with E-state index in [2.05, 4.69) is 45.4 Å². The van der Waals surface area contributed by atoms with Gasteiger partial charge in [0.15, 0.2) is 5.96 Å². The monoisotopic (exact) mass is 370 g/mol. The van der Waals surface area contributed by atoms with Crippen molar-refractivity contribution in [3.63, 3.8) is 0 Å². The molecule has 2 aromatic rings. The number of fused-ring (bicyclic) bond motifs is 1. The highest BCUT2D eigenvalue weighted by molar-refractivity contribution is 5.79. The van der Waals surface area contributed by atoms with Gasteiger partial charge in [0.2, 0.25) is 0 Å². The Hall–Kier alpha value is -2.08. The quantitative estimate of drug-likeness (QED) is 0.380. The molecular formula is C21H34N6. The van der Waals surface area contributed by atoms with Gasteiger partial charge in [-0.05, 0) is 51.8 Å². The number of nitrogens with zero attached hydrogens (tertiary/aromatic N) is 3. The number of hydrogen-bond acceptors (Lipinski definition) is 3. The number of aromatic nitrogens is 2. The minimum atomic E-state index is 0.734. The van der Waals surface area contributed by atoms with Crippen LogP contribution in [-0.4, -0.2) is 59.6 Å². The van der Waals surface area contributed by atoms with Crippen LogP contribution in [0.2, 0.25) is 0 Å². The number of aliphatic imine (C=N–C) groups is 1. The normalized spacial score (nSPS) is 18.7. The first-order chi connectivity index (χ1) is 13.3. The molecule has 6 heteroatoms. The molecular weight excluding hydrogens is 336 g/mol. The van der Waals surface area contributed by atoms with Gasteiger partial charge in [-0.1, -0.05) is 18.6 Å². The van der Waals surface area contributed by atoms with Crippen molar-refractivity contribution in [1.82, 2.24) is 25.5 Å². The topological polar surface area (TPSA) is 68.3 Å². The molecule has 6 nitrogen and oxygen atoms in total. The third-order valence-electron chi connectivity index (χ3n) is 5.25. The Morgan fingerprint density at radius 1 is 1.30 bits per heavy atom. The molecule has 0 bridgehead atoms. The molecule has 0 aliphatic carbocycles. The van der Waals surface area contributed by atoms with E-state index in [0.29, 0.717) is 0 Å². The van der Waals surface area contributed by atoms with Crippen LogP contribution in [0.15, 0.2) is 29.3 Å². The summed E-state index contributed by atoms with van der Waals surface area (Å²) in [7, 11) is 0. The van der Waals surface area contributed by atoms with Gasteiger partial charge < -0.3 is 20.5 Å². The average molecular weight is 371 g/mol. The van der Waals surface area contributed by atoms with E-state index < -0.39 is 0 Å². The lowest BCUT2D eigenvalue weighted by Crippen LogP contribution is -2.39. The first kappa shape index (κ1) is 19.7. The maximum absolute atomic E-state index is 4.73. The second-order valence-corrected chi connectivity index (χ2v) is 7.37. The highest BCUT2D eigenvalue weighted by atomic mass is 15.2. The molecule has 1 aromatic heterocycles. The Morgan fingerprint density at radius 3 is 3.00 bits per heavy atom. The summed E-state index contributed by atoms with van der Waals surface area (Å²) in [6.45, 7) is 9.42. The zero-order valence-electron chi connectivity index (χ0n) is 16.8. The van der Waals surface area contributed by atoms with Crippen LogP contribution in [0.25, 0.3) is 11.0 Å². The predicted molar refractivity (Wildman–Crippen MR) is 113 cm³/mol. The predicted octanol–water partition coefficient (Wildman–Crippen LogP) is 2.93. The van der Waals surface area contributed by atoms with Crippen LogP contribution in [0.5, 0.6) is 0 Å². The summed E-state index contributed by atoms with van der Waals surface area (Å²) in [6.07, 6.45) is 6.04. The van der Waals surface area contributed by atoms with Crippen molar-refractivity contribution in [3.8, 4) is 0 Å². The number of imidazole rings is 1. The summed E-state index contributed by atoms with van der Waals surface area (Å²) in [6, 6.07) is 8.89. The largest absolute Gasteiger partial charge is 0.357 e. The Labute approximate surface area is 162 Å². The summed E-state index contributed by atoms with van der Waals surface area (Å²) in [5, 5.41) is 6.76. The van der Waals surface area contributed by atoms with E-state index in [4.69, 9.17) is 4.99 Å². The lowest BCUT2D eigenvalue weighted by molar-refractivity contribution is 0.160. The summed E-state index contributed by atoms with van der Waals surface area (Å²) in [5.41, 5.74) is 2.13. The van der Waals surface area contributed by atoms with Gasteiger partial charge in [-0.2, -0.15) is 0 Å². The zero-order chi connectivity index (χ0) is 18.9. The van der Waals surface area contributed by atoms with Crippen LogP contribution in [0.4, 0.5) is 0 Å². The second kappa shape index (κ2) is 10.3. The standard InChI is InChI=1S/C21H34N6/c1-3-22-21(23-13-8-16-27-15-7-6-9-17(27)2)24-14-12-20-25-18-10-4-5-11-19(18)26-20/h4-5,10-11,17H,3,6-9,12-16H2,1-2H3,(H,25,26)(H2,22,23,24). The first-order valence-electron chi connectivity index (χ1n) is 10.5. The lowest BCUT2D eigenvalue weighted by Gasteiger charge is -2.33. The molecule has 1 fully saturated rings. The van der Waals surface area contributed by atoms with Crippen molar-refractivity contribution < 1.29 is 0 Å². The highest BCUT2D eigenvalue weighted by Gasteiger charge is 2.16. The van der Waals surface area contributed by atoms with E-state index in [1.807, 2.05) is 18.2 Å². The summed E-state index contributed by atoms with van der Waals surface area (Å²) >= 11 is 0. The summed E-state index contributed by atoms with van der Waals surface area (Å²) < 4.78 is 0. The number of hydrogen-bond donors (Lipinski definition) is 3. The van der Waals surface area contributed by atoms with Crippen LogP contribution in [0.3, 0.4) is 0 Å². The van der Waals surface area contributed by atoms with Gasteiger partial charge in [0.05, 0.1) is 11.0 Å². The third kappa shape index (κ3) is 5.96. The van der Waals surface area contributed by atoms with Gasteiger partial charge in [-0.15, -0.1) is 0 Å². The van der Waals surface area contributed by atoms with Crippen molar-refractivity contribution in [2.75, 3.05) is 32.7 Å². The van der Waals surface area contributed by atoms with Gasteiger partial charge in [-0.3, -0.25) is 4.99 Å². The average Bonchev–Trinajstić information content (AvgIpc) is 3.09. The molecule has 1 aromatic carbocycles. The van der Waals surface area contributed by atoms with Crippen LogP contribution in [0.1, 0.15) is 45.4 Å². The number of H-pyrrole nitrogens is 1. The fourth-order valence-electron chi connectivity index (χ4n) is 3.72. The van der Waals surface area contributed by atoms with E-state index >= 15 is 0 Å². The Bertz CT molecular complexity index is 689. The second-order valence-electron chi connectivity index (χ2n) is 7.37. The summed E-state index contributed by atoms with van der Waals surface area (Å²) in [4.78, 5) is 15.4. The number of rotatable bonds is 8. The van der Waals surface area contributed by atoms with Gasteiger partial charge >= 0.3 is 0 Å². The molecule has 0 spiro atoms. The fraction of sp³-hybridized carbons (Fsp3) is 0.619. The number of piperidine rings is 1. The Morgan fingerprint density at radius 2 is 2.19 bits per heavy atom. The molecule has 1 unspecified atom stereocenters. The van der Waals surface area contributed by atoms with E-state index in [1.165, 1.54) is 25.8 Å². The van der Waals surface area contributed by atoms with Gasteiger partial charge in [0.1, 0.15) is 5.82 Å². The molecule has 0 saturated carbocycles. The molecule has 3 rings (SSSR count). The molecule has 0 radical (unpaired) electrons. The van der Waals surface area contributed by atoms with Crippen LogP contribution in [-0.2, 0) is 6.42 Å². The molecule has 27 heavy (non-hydrogen) atoms. The van der Waals surface area contributed by atoms with Crippen molar-refractivity contribution in [1.29, 1.82) is 0 Å². The van der Waals surface area contributed by atoms with E-state index in [-0.39, 0.29) is 0 Å². The third-order valence-corrected chi connectivity index (χ3v) is 5.25. The SMILES string of the molecule is CCNC(=NCCCN1CCCCC1C)NCCc1nc2ccccc2[nH]1. The van der Waals surface area contributed by atoms with Crippen LogP contribution >= 0.6 is 0 Å². The molecule has 0 amide bonds. The summed E-state index contributed by atoms with van der Waals surface area (Å²) in [5.74, 6) is 1.92. The highest BCUT2D eigenvalue weighted by Crippen LogP contribution is 2.16.